The largest absolute Gasteiger partial charge is 0.464 e. The van der Waals surface area contributed by atoms with E-state index < -0.39 is 0 Å². The smallest absolute Gasteiger partial charge is 0.261 e. The van der Waals surface area contributed by atoms with Crippen molar-refractivity contribution in [2.75, 3.05) is 6.54 Å². The van der Waals surface area contributed by atoms with Gasteiger partial charge in [-0.2, -0.15) is 0 Å². The van der Waals surface area contributed by atoms with E-state index in [0.29, 0.717) is 11.4 Å². The summed E-state index contributed by atoms with van der Waals surface area (Å²) in [5.74, 6) is 1.27. The molecule has 2 N–H and O–H groups in total. The molecule has 0 spiro atoms. The number of amides is 2. The van der Waals surface area contributed by atoms with Crippen LogP contribution in [0.5, 0.6) is 0 Å². The summed E-state index contributed by atoms with van der Waals surface area (Å²) in [4.78, 5) is 24.1. The molecule has 0 radical (unpaired) electrons. The molecule has 2 aromatic heterocycles. The van der Waals surface area contributed by atoms with Crippen molar-refractivity contribution < 1.29 is 14.0 Å². The molecular formula is C15H18N2O3S. The molecular weight excluding hydrogens is 288 g/mol. The molecule has 0 aromatic carbocycles. The molecule has 5 nitrogen and oxygen atoms in total. The van der Waals surface area contributed by atoms with Crippen molar-refractivity contribution in [1.29, 1.82) is 0 Å². The van der Waals surface area contributed by atoms with E-state index in [0.717, 1.165) is 11.5 Å². The highest BCUT2D eigenvalue weighted by molar-refractivity contribution is 7.12. The standard InChI is InChI=1S/C15H18N2O3S/c1-10-5-6-12(20-10)11(2)17-14(18)7-8-16-15(19)13-4-3-9-21-13/h3-6,9,11H,7-8H2,1-2H3,(H,16,19)(H,17,18). The summed E-state index contributed by atoms with van der Waals surface area (Å²) in [5.41, 5.74) is 0. The Balaban J connectivity index is 1.71. The van der Waals surface area contributed by atoms with E-state index in [2.05, 4.69) is 10.6 Å². The number of aryl methyl sites for hydroxylation is 1. The van der Waals surface area contributed by atoms with Gasteiger partial charge in [0.2, 0.25) is 5.91 Å². The first-order chi connectivity index (χ1) is 10.1. The first-order valence-electron chi connectivity index (χ1n) is 6.73. The summed E-state index contributed by atoms with van der Waals surface area (Å²) in [6.07, 6.45) is 0.237. The van der Waals surface area contributed by atoms with Gasteiger partial charge in [-0.05, 0) is 37.4 Å². The van der Waals surface area contributed by atoms with Crippen molar-refractivity contribution >= 4 is 23.2 Å². The first kappa shape index (κ1) is 15.3. The van der Waals surface area contributed by atoms with Crippen LogP contribution in [0.1, 0.15) is 40.6 Å². The van der Waals surface area contributed by atoms with E-state index in [-0.39, 0.29) is 24.3 Å². The SMILES string of the molecule is Cc1ccc(C(C)NC(=O)CCNC(=O)c2cccs2)o1. The molecule has 6 heteroatoms. The van der Waals surface area contributed by atoms with Crippen molar-refractivity contribution in [3.8, 4) is 0 Å². The van der Waals surface area contributed by atoms with Crippen LogP contribution in [0.4, 0.5) is 0 Å². The third kappa shape index (κ3) is 4.46. The van der Waals surface area contributed by atoms with Crippen molar-refractivity contribution in [3.63, 3.8) is 0 Å². The Kier molecular flexibility index (Phi) is 5.16. The third-order valence-corrected chi connectivity index (χ3v) is 3.82. The van der Waals surface area contributed by atoms with E-state index in [1.54, 1.807) is 6.07 Å². The molecule has 1 atom stereocenters. The molecule has 0 fully saturated rings. The maximum absolute atomic E-state index is 11.8. The number of thiophene rings is 1. The Morgan fingerprint density at radius 3 is 2.76 bits per heavy atom. The molecule has 2 aromatic rings. The Bertz CT molecular complexity index is 604. The lowest BCUT2D eigenvalue weighted by Gasteiger charge is -2.11. The zero-order valence-corrected chi connectivity index (χ0v) is 12.8. The number of carbonyl (C=O) groups excluding carboxylic acids is 2. The average Bonchev–Trinajstić information content (AvgIpc) is 3.09. The Morgan fingerprint density at radius 2 is 2.14 bits per heavy atom. The normalized spacial score (nSPS) is 11.9. The Morgan fingerprint density at radius 1 is 1.33 bits per heavy atom. The monoisotopic (exact) mass is 306 g/mol. The van der Waals surface area contributed by atoms with Gasteiger partial charge in [0.25, 0.3) is 5.91 Å². The second-order valence-electron chi connectivity index (χ2n) is 4.72. The predicted molar refractivity (Wildman–Crippen MR) is 81.3 cm³/mol. The second kappa shape index (κ2) is 7.08. The number of furan rings is 1. The van der Waals surface area contributed by atoms with Crippen molar-refractivity contribution in [2.45, 2.75) is 26.3 Å². The molecule has 0 aliphatic rings. The summed E-state index contributed by atoms with van der Waals surface area (Å²) in [5, 5.41) is 7.40. The van der Waals surface area contributed by atoms with Gasteiger partial charge in [0.15, 0.2) is 0 Å². The fourth-order valence-electron chi connectivity index (χ4n) is 1.86. The molecule has 0 aliphatic heterocycles. The highest BCUT2D eigenvalue weighted by atomic mass is 32.1. The number of rotatable bonds is 6. The maximum atomic E-state index is 11.8. The van der Waals surface area contributed by atoms with Crippen LogP contribution in [-0.2, 0) is 4.79 Å². The van der Waals surface area contributed by atoms with Gasteiger partial charge in [0, 0.05) is 13.0 Å². The van der Waals surface area contributed by atoms with Crippen LogP contribution in [0.15, 0.2) is 34.1 Å². The third-order valence-electron chi connectivity index (χ3n) is 2.95. The van der Waals surface area contributed by atoms with Crippen molar-refractivity contribution in [1.82, 2.24) is 10.6 Å². The molecule has 1 unspecified atom stereocenters. The lowest BCUT2D eigenvalue weighted by Crippen LogP contribution is -2.31. The van der Waals surface area contributed by atoms with Gasteiger partial charge in [-0.15, -0.1) is 11.3 Å². The van der Waals surface area contributed by atoms with Gasteiger partial charge >= 0.3 is 0 Å². The van der Waals surface area contributed by atoms with Crippen LogP contribution in [-0.4, -0.2) is 18.4 Å². The van der Waals surface area contributed by atoms with Gasteiger partial charge in [0.1, 0.15) is 11.5 Å². The first-order valence-corrected chi connectivity index (χ1v) is 7.61. The number of hydrogen-bond donors (Lipinski definition) is 2. The number of carbonyl (C=O) groups is 2. The van der Waals surface area contributed by atoms with Crippen LogP contribution < -0.4 is 10.6 Å². The maximum Gasteiger partial charge on any atom is 0.261 e. The van der Waals surface area contributed by atoms with Gasteiger partial charge < -0.3 is 15.1 Å². The van der Waals surface area contributed by atoms with Crippen LogP contribution in [0, 0.1) is 6.92 Å². The molecule has 0 saturated carbocycles. The molecule has 2 amide bonds. The van der Waals surface area contributed by atoms with Gasteiger partial charge in [-0.25, -0.2) is 0 Å². The number of hydrogen-bond acceptors (Lipinski definition) is 4. The van der Waals surface area contributed by atoms with E-state index in [1.807, 2.05) is 37.4 Å². The van der Waals surface area contributed by atoms with Crippen molar-refractivity contribution in [3.05, 3.63) is 46.0 Å². The van der Waals surface area contributed by atoms with Crippen LogP contribution in [0.2, 0.25) is 0 Å². The van der Waals surface area contributed by atoms with E-state index in [4.69, 9.17) is 4.42 Å². The molecule has 2 heterocycles. The topological polar surface area (TPSA) is 71.3 Å². The minimum atomic E-state index is -0.181. The summed E-state index contributed by atoms with van der Waals surface area (Å²) >= 11 is 1.38. The Hall–Kier alpha value is -2.08. The minimum Gasteiger partial charge on any atom is -0.464 e. The summed E-state index contributed by atoms with van der Waals surface area (Å²) in [7, 11) is 0. The van der Waals surface area contributed by atoms with E-state index in [1.165, 1.54) is 11.3 Å². The lowest BCUT2D eigenvalue weighted by atomic mass is 10.2. The molecule has 0 aliphatic carbocycles. The van der Waals surface area contributed by atoms with E-state index in [9.17, 15) is 9.59 Å². The molecule has 112 valence electrons. The summed E-state index contributed by atoms with van der Waals surface area (Å²) in [6, 6.07) is 7.10. The molecule has 2 rings (SSSR count). The van der Waals surface area contributed by atoms with Gasteiger partial charge in [0.05, 0.1) is 10.9 Å². The molecule has 0 bridgehead atoms. The van der Waals surface area contributed by atoms with Crippen LogP contribution in [0.3, 0.4) is 0 Å². The predicted octanol–water partition coefficient (Wildman–Crippen LogP) is 2.65. The fraction of sp³-hybridized carbons (Fsp3) is 0.333. The number of nitrogens with one attached hydrogen (secondary N) is 2. The minimum absolute atomic E-state index is 0.122. The van der Waals surface area contributed by atoms with Gasteiger partial charge in [-0.3, -0.25) is 9.59 Å². The molecule has 21 heavy (non-hydrogen) atoms. The highest BCUT2D eigenvalue weighted by Gasteiger charge is 2.13. The Labute approximate surface area is 127 Å². The van der Waals surface area contributed by atoms with Gasteiger partial charge in [-0.1, -0.05) is 6.07 Å². The fourth-order valence-corrected chi connectivity index (χ4v) is 2.50. The van der Waals surface area contributed by atoms with E-state index >= 15 is 0 Å². The lowest BCUT2D eigenvalue weighted by molar-refractivity contribution is -0.121. The van der Waals surface area contributed by atoms with Crippen molar-refractivity contribution in [2.24, 2.45) is 0 Å². The second-order valence-corrected chi connectivity index (χ2v) is 5.67. The quantitative estimate of drug-likeness (QED) is 0.862. The molecule has 0 saturated heterocycles. The highest BCUT2D eigenvalue weighted by Crippen LogP contribution is 2.15. The zero-order chi connectivity index (χ0) is 15.2. The summed E-state index contributed by atoms with van der Waals surface area (Å²) in [6.45, 7) is 4.03. The average molecular weight is 306 g/mol. The van der Waals surface area contributed by atoms with Crippen LogP contribution >= 0.6 is 11.3 Å². The zero-order valence-electron chi connectivity index (χ0n) is 12.0. The summed E-state index contributed by atoms with van der Waals surface area (Å²) < 4.78 is 5.45. The van der Waals surface area contributed by atoms with Crippen LogP contribution in [0.25, 0.3) is 0 Å².